The second kappa shape index (κ2) is 5.40. The Labute approximate surface area is 75.1 Å². The third-order valence-corrected chi connectivity index (χ3v) is 1.56. The minimum absolute atomic E-state index is 1.22. The zero-order chi connectivity index (χ0) is 11.3. The maximum Gasteiger partial charge on any atom is 0.485 e. The van der Waals surface area contributed by atoms with Crippen molar-refractivity contribution in [2.24, 2.45) is 0 Å². The number of rotatable bonds is 1. The highest BCUT2D eigenvalue weighted by Crippen LogP contribution is 2.20. The summed E-state index contributed by atoms with van der Waals surface area (Å²) in [6, 6.07) is 0. The molecule has 0 aliphatic rings. The molecule has 1 N–H and O–H groups in total. The summed E-state index contributed by atoms with van der Waals surface area (Å²) < 4.78 is 58.9. The number of nitrogens with one attached hydrogen (secondary N) is 1. The highest BCUT2D eigenvalue weighted by Gasteiger charge is 2.36. The Kier molecular flexibility index (Phi) is 6.30. The molecule has 0 aromatic heterocycles. The maximum atomic E-state index is 10.7. The molecule has 0 saturated carbocycles. The van der Waals surface area contributed by atoms with Crippen molar-refractivity contribution in [2.45, 2.75) is 12.4 Å². The summed E-state index contributed by atoms with van der Waals surface area (Å²) in [6.45, 7) is 3.38. The molecule has 4 nitrogen and oxygen atoms in total. The number of alkyl halides is 3. The molecule has 0 fully saturated rings. The van der Waals surface area contributed by atoms with Gasteiger partial charge in [0.15, 0.2) is 10.1 Å². The van der Waals surface area contributed by atoms with Gasteiger partial charge in [0.05, 0.1) is 20.6 Å². The Morgan fingerprint density at radius 3 is 1.46 bits per heavy atom. The molecule has 8 heteroatoms. The van der Waals surface area contributed by atoms with Gasteiger partial charge in [-0.25, -0.2) is 8.42 Å². The van der Waals surface area contributed by atoms with E-state index in [2.05, 4.69) is 21.0 Å². The minimum atomic E-state index is -6.09. The Balaban J connectivity index is 0. The second-order valence-electron chi connectivity index (χ2n) is 2.46. The molecule has 0 spiro atoms. The van der Waals surface area contributed by atoms with E-state index in [1.54, 1.807) is 0 Å². The van der Waals surface area contributed by atoms with Crippen LogP contribution < -0.4 is 4.90 Å². The van der Waals surface area contributed by atoms with Crippen LogP contribution in [0.15, 0.2) is 0 Å². The van der Waals surface area contributed by atoms with E-state index in [0.717, 1.165) is 0 Å². The molecule has 0 bridgehead atoms. The fourth-order valence-corrected chi connectivity index (χ4v) is 0. The first kappa shape index (κ1) is 15.1. The van der Waals surface area contributed by atoms with Gasteiger partial charge in [-0.3, -0.25) is 0 Å². The molecule has 0 heterocycles. The van der Waals surface area contributed by atoms with Gasteiger partial charge in [-0.1, -0.05) is 0 Å². The first-order valence-corrected chi connectivity index (χ1v) is 4.74. The molecule has 0 aliphatic heterocycles. The van der Waals surface area contributed by atoms with Crippen molar-refractivity contribution in [1.29, 1.82) is 0 Å². The quantitative estimate of drug-likeness (QED) is 0.468. The van der Waals surface area contributed by atoms with Crippen molar-refractivity contribution >= 4 is 10.1 Å². The van der Waals surface area contributed by atoms with Gasteiger partial charge < -0.3 is 9.45 Å². The van der Waals surface area contributed by atoms with Crippen molar-refractivity contribution in [1.82, 2.24) is 0 Å². The molecule has 0 saturated heterocycles. The molecule has 0 aromatic rings. The van der Waals surface area contributed by atoms with Gasteiger partial charge in [0, 0.05) is 0 Å². The van der Waals surface area contributed by atoms with Gasteiger partial charge >= 0.3 is 5.51 Å². The third kappa shape index (κ3) is 9.57. The molecule has 82 valence electrons. The van der Waals surface area contributed by atoms with Crippen LogP contribution >= 0.6 is 0 Å². The lowest BCUT2D eigenvalue weighted by Gasteiger charge is -2.08. The topological polar surface area (TPSA) is 61.6 Å². The summed E-state index contributed by atoms with van der Waals surface area (Å²) in [4.78, 5) is 1.50. The predicted molar refractivity (Wildman–Crippen MR) is 39.1 cm³/mol. The van der Waals surface area contributed by atoms with Crippen molar-refractivity contribution in [3.05, 3.63) is 0 Å². The zero-order valence-electron chi connectivity index (χ0n) is 7.47. The maximum absolute atomic E-state index is 10.7. The van der Waals surface area contributed by atoms with Crippen LogP contribution in [0.25, 0.3) is 0 Å². The molecule has 0 aliphatic carbocycles. The largest absolute Gasteiger partial charge is 0.741 e. The molecular weight excluding hydrogens is 211 g/mol. The Hall–Kier alpha value is -0.340. The van der Waals surface area contributed by atoms with E-state index in [1.807, 2.05) is 0 Å². The molecule has 0 unspecified atom stereocenters. The first-order chi connectivity index (χ1) is 5.52. The SMILES string of the molecule is CC[NH+](C)C.O=S(=O)([O-])C(F)(F)F. The summed E-state index contributed by atoms with van der Waals surface area (Å²) >= 11 is 0. The third-order valence-electron chi connectivity index (χ3n) is 0.991. The van der Waals surface area contributed by atoms with Crippen LogP contribution in [0.4, 0.5) is 13.2 Å². The van der Waals surface area contributed by atoms with Gasteiger partial charge in [-0.05, 0) is 6.92 Å². The number of halogens is 3. The fraction of sp³-hybridized carbons (Fsp3) is 1.00. The van der Waals surface area contributed by atoms with Crippen LogP contribution in [0.5, 0.6) is 0 Å². The summed E-state index contributed by atoms with van der Waals surface area (Å²) in [5.41, 5.74) is -5.65. The zero-order valence-corrected chi connectivity index (χ0v) is 8.29. The lowest BCUT2D eigenvalue weighted by Crippen LogP contribution is -3.05. The highest BCUT2D eigenvalue weighted by molar-refractivity contribution is 7.86. The highest BCUT2D eigenvalue weighted by atomic mass is 32.2. The fourth-order valence-electron chi connectivity index (χ4n) is 0. The van der Waals surface area contributed by atoms with Crippen LogP contribution in [0.1, 0.15) is 6.92 Å². The Morgan fingerprint density at radius 2 is 1.46 bits per heavy atom. The van der Waals surface area contributed by atoms with Crippen molar-refractivity contribution < 1.29 is 31.0 Å². The number of hydrogen-bond acceptors (Lipinski definition) is 3. The van der Waals surface area contributed by atoms with Crippen LogP contribution in [0, 0.1) is 0 Å². The van der Waals surface area contributed by atoms with E-state index in [-0.39, 0.29) is 0 Å². The van der Waals surface area contributed by atoms with Crippen LogP contribution in [-0.2, 0) is 10.1 Å². The summed E-state index contributed by atoms with van der Waals surface area (Å²) in [5.74, 6) is 0. The average Bonchev–Trinajstić information content (AvgIpc) is 1.84. The molecule has 0 aromatic carbocycles. The standard InChI is InChI=1S/C4H11N.CHF3O3S/c1-4-5(2)3;2-1(3,4)8(5,6)7/h4H2,1-3H3;(H,5,6,7). The van der Waals surface area contributed by atoms with Gasteiger partial charge in [0.1, 0.15) is 0 Å². The summed E-state index contributed by atoms with van der Waals surface area (Å²) in [5, 5.41) is 0. The molecular formula is C5H12F3NO3S. The van der Waals surface area contributed by atoms with Crippen molar-refractivity contribution in [3.8, 4) is 0 Å². The molecule has 0 atom stereocenters. The van der Waals surface area contributed by atoms with Crippen LogP contribution in [0.2, 0.25) is 0 Å². The normalized spacial score (nSPS) is 12.3. The Bertz CT molecular complexity index is 222. The summed E-state index contributed by atoms with van der Waals surface area (Å²) in [6.07, 6.45) is 0. The molecule has 0 rings (SSSR count). The van der Waals surface area contributed by atoms with E-state index in [4.69, 9.17) is 13.0 Å². The van der Waals surface area contributed by atoms with E-state index in [0.29, 0.717) is 0 Å². The van der Waals surface area contributed by atoms with Gasteiger partial charge in [0.25, 0.3) is 0 Å². The Morgan fingerprint density at radius 1 is 1.31 bits per heavy atom. The van der Waals surface area contributed by atoms with Gasteiger partial charge in [0.2, 0.25) is 0 Å². The van der Waals surface area contributed by atoms with Crippen molar-refractivity contribution in [3.63, 3.8) is 0 Å². The number of quaternary nitrogens is 1. The molecule has 13 heavy (non-hydrogen) atoms. The average molecular weight is 223 g/mol. The van der Waals surface area contributed by atoms with E-state index in [1.165, 1.54) is 11.4 Å². The van der Waals surface area contributed by atoms with E-state index < -0.39 is 15.6 Å². The van der Waals surface area contributed by atoms with Crippen LogP contribution in [0.3, 0.4) is 0 Å². The summed E-state index contributed by atoms with van der Waals surface area (Å²) in [7, 11) is -1.81. The second-order valence-corrected chi connectivity index (χ2v) is 3.83. The van der Waals surface area contributed by atoms with Crippen molar-refractivity contribution in [2.75, 3.05) is 20.6 Å². The molecule has 0 amide bonds. The lowest BCUT2D eigenvalue weighted by molar-refractivity contribution is -0.856. The minimum Gasteiger partial charge on any atom is -0.741 e. The lowest BCUT2D eigenvalue weighted by atomic mass is 10.7. The number of hydrogen-bond donors (Lipinski definition) is 1. The van der Waals surface area contributed by atoms with Gasteiger partial charge in [-0.15, -0.1) is 0 Å². The predicted octanol–water partition coefficient (Wildman–Crippen LogP) is -0.798. The molecule has 0 radical (unpaired) electrons. The van der Waals surface area contributed by atoms with E-state index >= 15 is 0 Å². The first-order valence-electron chi connectivity index (χ1n) is 3.33. The monoisotopic (exact) mass is 223 g/mol. The van der Waals surface area contributed by atoms with E-state index in [9.17, 15) is 13.2 Å². The smallest absolute Gasteiger partial charge is 0.485 e. The van der Waals surface area contributed by atoms with Crippen LogP contribution in [-0.4, -0.2) is 39.1 Å². The van der Waals surface area contributed by atoms with Gasteiger partial charge in [-0.2, -0.15) is 13.2 Å².